The molecule has 1 aromatic carbocycles. The first-order chi connectivity index (χ1) is 14.2. The molecule has 7 nitrogen and oxygen atoms in total. The van der Waals surface area contributed by atoms with Crippen molar-refractivity contribution in [2.75, 3.05) is 19.8 Å². The molecule has 1 unspecified atom stereocenters. The second kappa shape index (κ2) is 7.69. The predicted octanol–water partition coefficient (Wildman–Crippen LogP) is 2.10. The van der Waals surface area contributed by atoms with E-state index in [0.29, 0.717) is 45.6 Å². The molecule has 4 rings (SSSR count). The van der Waals surface area contributed by atoms with Crippen LogP contribution in [0.2, 0.25) is 0 Å². The van der Waals surface area contributed by atoms with E-state index in [2.05, 4.69) is 5.32 Å². The molecule has 0 aromatic heterocycles. The third-order valence-corrected chi connectivity index (χ3v) is 6.61. The van der Waals surface area contributed by atoms with E-state index >= 15 is 0 Å². The van der Waals surface area contributed by atoms with Crippen molar-refractivity contribution in [1.29, 1.82) is 0 Å². The molecule has 3 aliphatic rings. The van der Waals surface area contributed by atoms with Gasteiger partial charge in [0.1, 0.15) is 0 Å². The van der Waals surface area contributed by atoms with E-state index in [1.807, 2.05) is 54.8 Å². The summed E-state index contributed by atoms with van der Waals surface area (Å²) >= 11 is 0. The summed E-state index contributed by atoms with van der Waals surface area (Å²) in [5.41, 5.74) is 0.929. The smallest absolute Gasteiger partial charge is 0.254 e. The third kappa shape index (κ3) is 3.83. The van der Waals surface area contributed by atoms with E-state index in [-0.39, 0.29) is 35.7 Å². The van der Waals surface area contributed by atoms with Crippen LogP contribution < -0.4 is 5.32 Å². The number of benzene rings is 1. The Hall–Kier alpha value is -2.41. The van der Waals surface area contributed by atoms with Gasteiger partial charge in [0.15, 0.2) is 0 Å². The minimum absolute atomic E-state index is 0.00440. The first-order valence-corrected chi connectivity index (χ1v) is 10.8. The lowest BCUT2D eigenvalue weighted by Gasteiger charge is -2.44. The van der Waals surface area contributed by atoms with E-state index in [1.165, 1.54) is 0 Å². The molecule has 1 N–H and O–H groups in total. The van der Waals surface area contributed by atoms with Crippen LogP contribution in [-0.2, 0) is 20.9 Å². The predicted molar refractivity (Wildman–Crippen MR) is 112 cm³/mol. The van der Waals surface area contributed by atoms with Crippen molar-refractivity contribution in [3.8, 4) is 0 Å². The highest BCUT2D eigenvalue weighted by atomic mass is 16.5. The van der Waals surface area contributed by atoms with E-state index < -0.39 is 5.54 Å². The summed E-state index contributed by atoms with van der Waals surface area (Å²) in [7, 11) is 0. The minimum atomic E-state index is -0.551. The lowest BCUT2D eigenvalue weighted by molar-refractivity contribution is -0.131. The number of amides is 3. The van der Waals surface area contributed by atoms with Crippen LogP contribution >= 0.6 is 0 Å². The Bertz CT molecular complexity index is 854. The van der Waals surface area contributed by atoms with Crippen LogP contribution in [-0.4, -0.2) is 64.4 Å². The van der Waals surface area contributed by atoms with Crippen molar-refractivity contribution in [3.05, 3.63) is 35.4 Å². The lowest BCUT2D eigenvalue weighted by atomic mass is 9.84. The van der Waals surface area contributed by atoms with Gasteiger partial charge in [0.2, 0.25) is 11.8 Å². The normalized spacial score (nSPS) is 23.6. The summed E-state index contributed by atoms with van der Waals surface area (Å²) in [6, 6.07) is 7.47. The molecule has 2 saturated heterocycles. The Kier molecular flexibility index (Phi) is 5.34. The van der Waals surface area contributed by atoms with E-state index in [4.69, 9.17) is 4.74 Å². The van der Waals surface area contributed by atoms with Gasteiger partial charge < -0.3 is 19.9 Å². The zero-order valence-corrected chi connectivity index (χ0v) is 18.1. The molecule has 1 aromatic rings. The number of carbonyl (C=O) groups excluding carboxylic acids is 3. The van der Waals surface area contributed by atoms with Gasteiger partial charge in [-0.05, 0) is 45.2 Å². The molecule has 2 fully saturated rings. The molecule has 1 atom stereocenters. The van der Waals surface area contributed by atoms with E-state index in [0.717, 1.165) is 11.1 Å². The van der Waals surface area contributed by atoms with E-state index in [9.17, 15) is 14.4 Å². The van der Waals surface area contributed by atoms with E-state index in [1.54, 1.807) is 0 Å². The summed E-state index contributed by atoms with van der Waals surface area (Å²) in [5.74, 6) is -0.0387. The molecule has 0 saturated carbocycles. The van der Waals surface area contributed by atoms with Gasteiger partial charge in [-0.25, -0.2) is 0 Å². The average molecular weight is 414 g/mol. The molecule has 30 heavy (non-hydrogen) atoms. The van der Waals surface area contributed by atoms with Crippen molar-refractivity contribution in [2.24, 2.45) is 0 Å². The molecule has 3 amide bonds. The highest BCUT2D eigenvalue weighted by Crippen LogP contribution is 2.38. The van der Waals surface area contributed by atoms with Crippen LogP contribution in [0.25, 0.3) is 0 Å². The quantitative estimate of drug-likeness (QED) is 0.820. The van der Waals surface area contributed by atoms with Crippen LogP contribution in [0, 0.1) is 0 Å². The highest BCUT2D eigenvalue weighted by Gasteiger charge is 2.46. The van der Waals surface area contributed by atoms with Crippen LogP contribution in [0.1, 0.15) is 62.4 Å². The summed E-state index contributed by atoms with van der Waals surface area (Å²) in [6.07, 6.45) is 1.83. The molecule has 7 heteroatoms. The second-order valence-corrected chi connectivity index (χ2v) is 9.71. The maximum Gasteiger partial charge on any atom is 0.254 e. The fraction of sp³-hybridized carbons (Fsp3) is 0.609. The number of nitrogens with zero attached hydrogens (tertiary/aromatic N) is 2. The second-order valence-electron chi connectivity index (χ2n) is 9.71. The maximum absolute atomic E-state index is 13.1. The van der Waals surface area contributed by atoms with Crippen LogP contribution in [0.5, 0.6) is 0 Å². The fourth-order valence-corrected chi connectivity index (χ4v) is 4.96. The van der Waals surface area contributed by atoms with Crippen molar-refractivity contribution >= 4 is 17.7 Å². The number of fused-ring (bicyclic) bond motifs is 1. The standard InChI is InChI=1S/C23H31N3O4/c1-22(2,3)25-15-17(12-20(25)28)24-19(27)13-23(8-10-30-11-9-23)26-14-16-6-4-5-7-18(16)21(26)29/h4-7,17H,8-15H2,1-3H3,(H,24,27). The van der Waals surface area contributed by atoms with Crippen molar-refractivity contribution in [2.45, 2.75) is 70.1 Å². The molecule has 0 bridgehead atoms. The maximum atomic E-state index is 13.1. The largest absolute Gasteiger partial charge is 0.381 e. The number of hydrogen-bond donors (Lipinski definition) is 1. The number of likely N-dealkylation sites (tertiary alicyclic amines) is 1. The van der Waals surface area contributed by atoms with Crippen molar-refractivity contribution in [1.82, 2.24) is 15.1 Å². The Morgan fingerprint density at radius 3 is 2.53 bits per heavy atom. The minimum Gasteiger partial charge on any atom is -0.381 e. The number of nitrogens with one attached hydrogen (secondary N) is 1. The molecule has 0 aliphatic carbocycles. The Labute approximate surface area is 177 Å². The van der Waals surface area contributed by atoms with Gasteiger partial charge in [0, 0.05) is 43.8 Å². The van der Waals surface area contributed by atoms with Crippen LogP contribution in [0.3, 0.4) is 0 Å². The SMILES string of the molecule is CC(C)(C)N1CC(NC(=O)CC2(N3Cc4ccccc4C3=O)CCOCC2)CC1=O. The summed E-state index contributed by atoms with van der Waals surface area (Å²) < 4.78 is 5.56. The molecule has 3 aliphatic heterocycles. The molecular formula is C23H31N3O4. The Balaban J connectivity index is 1.47. The fourth-order valence-electron chi connectivity index (χ4n) is 4.96. The molecule has 0 spiro atoms. The zero-order valence-electron chi connectivity index (χ0n) is 18.1. The summed E-state index contributed by atoms with van der Waals surface area (Å²) in [6.45, 7) is 8.13. The van der Waals surface area contributed by atoms with Gasteiger partial charge in [-0.2, -0.15) is 0 Å². The molecule has 162 valence electrons. The van der Waals surface area contributed by atoms with Gasteiger partial charge in [0.05, 0.1) is 18.0 Å². The van der Waals surface area contributed by atoms with Gasteiger partial charge in [-0.3, -0.25) is 14.4 Å². The number of rotatable bonds is 4. The Morgan fingerprint density at radius 1 is 1.20 bits per heavy atom. The van der Waals surface area contributed by atoms with Crippen molar-refractivity contribution < 1.29 is 19.1 Å². The highest BCUT2D eigenvalue weighted by molar-refractivity contribution is 5.99. The monoisotopic (exact) mass is 413 g/mol. The molecular weight excluding hydrogens is 382 g/mol. The zero-order chi connectivity index (χ0) is 21.5. The molecule has 3 heterocycles. The van der Waals surface area contributed by atoms with Gasteiger partial charge >= 0.3 is 0 Å². The topological polar surface area (TPSA) is 79.0 Å². The first kappa shape index (κ1) is 20.8. The number of ether oxygens (including phenoxy) is 1. The molecule has 0 radical (unpaired) electrons. The summed E-state index contributed by atoms with van der Waals surface area (Å²) in [5, 5.41) is 3.06. The Morgan fingerprint density at radius 2 is 1.90 bits per heavy atom. The third-order valence-electron chi connectivity index (χ3n) is 6.61. The van der Waals surface area contributed by atoms with Crippen molar-refractivity contribution in [3.63, 3.8) is 0 Å². The number of hydrogen-bond acceptors (Lipinski definition) is 4. The first-order valence-electron chi connectivity index (χ1n) is 10.8. The van der Waals surface area contributed by atoms with Crippen LogP contribution in [0.4, 0.5) is 0 Å². The summed E-state index contributed by atoms with van der Waals surface area (Å²) in [4.78, 5) is 42.2. The van der Waals surface area contributed by atoms with Gasteiger partial charge in [0.25, 0.3) is 5.91 Å². The van der Waals surface area contributed by atoms with Gasteiger partial charge in [-0.1, -0.05) is 18.2 Å². The number of carbonyl (C=O) groups is 3. The van der Waals surface area contributed by atoms with Crippen LogP contribution in [0.15, 0.2) is 24.3 Å². The lowest BCUT2D eigenvalue weighted by Crippen LogP contribution is -2.55. The average Bonchev–Trinajstić information content (AvgIpc) is 3.23. The van der Waals surface area contributed by atoms with Gasteiger partial charge in [-0.15, -0.1) is 0 Å².